The number of methoxy groups -OCH3 is 1. The fourth-order valence-corrected chi connectivity index (χ4v) is 6.13. The van der Waals surface area contributed by atoms with Crippen LogP contribution in [0.15, 0.2) is 63.5 Å². The van der Waals surface area contributed by atoms with Crippen LogP contribution in [-0.4, -0.2) is 24.8 Å². The summed E-state index contributed by atoms with van der Waals surface area (Å²) in [7, 11) is 1.25. The number of fused-ring (bicyclic) bond motifs is 3. The number of benzene rings is 2. The lowest BCUT2D eigenvalue weighted by Gasteiger charge is -2.47. The van der Waals surface area contributed by atoms with Crippen LogP contribution in [0.2, 0.25) is 0 Å². The molecule has 0 bridgehead atoms. The van der Waals surface area contributed by atoms with Crippen LogP contribution in [0.3, 0.4) is 0 Å². The molecule has 7 nitrogen and oxygen atoms in total. The van der Waals surface area contributed by atoms with Gasteiger partial charge in [0.25, 0.3) is 0 Å². The van der Waals surface area contributed by atoms with E-state index in [2.05, 4.69) is 21.2 Å². The van der Waals surface area contributed by atoms with E-state index in [-0.39, 0.29) is 34.6 Å². The van der Waals surface area contributed by atoms with E-state index in [9.17, 15) is 14.4 Å². The van der Waals surface area contributed by atoms with Crippen LogP contribution in [0, 0.1) is 19.3 Å². The number of carbonyl (C=O) groups is 3. The third-order valence-electron chi connectivity index (χ3n) is 7.48. The molecule has 0 aromatic heterocycles. The SMILES string of the molecule is COC(=O)C1=C(N)N(c2ccc(C)c(C)c2)C2=C(C(=O)CC(C)(C)C2)C12C(=O)Nc1ccc(Br)cc12. The maximum Gasteiger partial charge on any atom is 0.339 e. The third-order valence-corrected chi connectivity index (χ3v) is 7.98. The number of rotatable bonds is 2. The van der Waals surface area contributed by atoms with E-state index >= 15 is 0 Å². The first-order valence-corrected chi connectivity index (χ1v) is 12.6. The van der Waals surface area contributed by atoms with Gasteiger partial charge in [-0.2, -0.15) is 0 Å². The van der Waals surface area contributed by atoms with E-state index in [0.29, 0.717) is 27.8 Å². The lowest BCUT2D eigenvalue weighted by atomic mass is 9.60. The summed E-state index contributed by atoms with van der Waals surface area (Å²) in [5.74, 6) is -1.35. The molecule has 36 heavy (non-hydrogen) atoms. The van der Waals surface area contributed by atoms with Crippen LogP contribution in [0.5, 0.6) is 0 Å². The molecule has 1 unspecified atom stereocenters. The standard InChI is InChI=1S/C28H28BrN3O4/c1-14-6-8-17(10-15(14)2)32-20-12-27(3,4)13-21(33)22(20)28(23(24(32)30)25(34)36-5)18-11-16(29)7-9-19(18)31-26(28)35/h6-11H,12-13,30H2,1-5H3,(H,31,35). The number of nitrogens with zero attached hydrogens (tertiary/aromatic N) is 1. The van der Waals surface area contributed by atoms with Gasteiger partial charge in [-0.05, 0) is 67.1 Å². The van der Waals surface area contributed by atoms with Gasteiger partial charge in [-0.3, -0.25) is 14.5 Å². The van der Waals surface area contributed by atoms with Gasteiger partial charge >= 0.3 is 5.97 Å². The fraction of sp³-hybridized carbons (Fsp3) is 0.321. The molecule has 3 N–H and O–H groups in total. The Bertz CT molecular complexity index is 1440. The maximum absolute atomic E-state index is 14.0. The van der Waals surface area contributed by atoms with Crippen molar-refractivity contribution >= 4 is 45.0 Å². The van der Waals surface area contributed by atoms with Crippen molar-refractivity contribution in [2.24, 2.45) is 11.1 Å². The number of hydrogen-bond acceptors (Lipinski definition) is 6. The van der Waals surface area contributed by atoms with Crippen molar-refractivity contribution in [3.63, 3.8) is 0 Å². The van der Waals surface area contributed by atoms with Gasteiger partial charge in [0.2, 0.25) is 5.91 Å². The Labute approximate surface area is 218 Å². The molecule has 2 aliphatic heterocycles. The van der Waals surface area contributed by atoms with Crippen molar-refractivity contribution in [1.82, 2.24) is 0 Å². The number of nitrogens with two attached hydrogens (primary N) is 1. The highest BCUT2D eigenvalue weighted by Crippen LogP contribution is 2.57. The first-order chi connectivity index (χ1) is 16.9. The van der Waals surface area contributed by atoms with Crippen molar-refractivity contribution in [2.75, 3.05) is 17.3 Å². The molecule has 5 rings (SSSR count). The number of anilines is 2. The summed E-state index contributed by atoms with van der Waals surface area (Å²) in [5, 5.41) is 2.90. The van der Waals surface area contributed by atoms with E-state index in [1.54, 1.807) is 23.1 Å². The zero-order valence-electron chi connectivity index (χ0n) is 20.9. The number of ether oxygens (including phenoxy) is 1. The summed E-state index contributed by atoms with van der Waals surface area (Å²) in [6.07, 6.45) is 0.730. The van der Waals surface area contributed by atoms with Gasteiger partial charge in [-0.25, -0.2) is 4.79 Å². The summed E-state index contributed by atoms with van der Waals surface area (Å²) in [6, 6.07) is 11.2. The number of ketones is 1. The minimum Gasteiger partial charge on any atom is -0.466 e. The highest BCUT2D eigenvalue weighted by atomic mass is 79.9. The van der Waals surface area contributed by atoms with Gasteiger partial charge in [0.05, 0.1) is 7.11 Å². The Hall–Kier alpha value is -3.39. The molecule has 1 atom stereocenters. The smallest absolute Gasteiger partial charge is 0.339 e. The van der Waals surface area contributed by atoms with Gasteiger partial charge in [0, 0.05) is 39.1 Å². The van der Waals surface area contributed by atoms with E-state index in [1.165, 1.54) is 7.11 Å². The second kappa shape index (κ2) is 8.06. The van der Waals surface area contributed by atoms with E-state index < -0.39 is 17.3 Å². The molecule has 3 aliphatic rings. The molecule has 0 fully saturated rings. The second-order valence-corrected chi connectivity index (χ2v) is 11.4. The largest absolute Gasteiger partial charge is 0.466 e. The summed E-state index contributed by atoms with van der Waals surface area (Å²) < 4.78 is 5.90. The normalized spacial score (nSPS) is 22.6. The van der Waals surface area contributed by atoms with Gasteiger partial charge in [-0.1, -0.05) is 35.8 Å². The van der Waals surface area contributed by atoms with Crippen LogP contribution in [0.1, 0.15) is 43.4 Å². The highest BCUT2D eigenvalue weighted by Gasteiger charge is 2.63. The second-order valence-electron chi connectivity index (χ2n) is 10.5. The Kier molecular flexibility index (Phi) is 5.44. The molecular weight excluding hydrogens is 522 g/mol. The quantitative estimate of drug-likeness (QED) is 0.523. The number of esters is 1. The Morgan fingerprint density at radius 2 is 1.81 bits per heavy atom. The summed E-state index contributed by atoms with van der Waals surface area (Å²) in [4.78, 5) is 43.2. The minimum absolute atomic E-state index is 0.0515. The lowest BCUT2D eigenvalue weighted by Crippen LogP contribution is -2.54. The van der Waals surface area contributed by atoms with Crippen LogP contribution >= 0.6 is 15.9 Å². The molecule has 186 valence electrons. The number of nitrogens with one attached hydrogen (secondary N) is 1. The van der Waals surface area contributed by atoms with Crippen LogP contribution in [0.4, 0.5) is 11.4 Å². The first-order valence-electron chi connectivity index (χ1n) is 11.8. The summed E-state index contributed by atoms with van der Waals surface area (Å²) in [6.45, 7) is 8.05. The first kappa shape index (κ1) is 24.3. The van der Waals surface area contributed by atoms with Gasteiger partial charge < -0.3 is 15.8 Å². The number of Topliss-reactive ketones (excluding diaryl/α,β-unsaturated/α-hetero) is 1. The zero-order chi connectivity index (χ0) is 26.2. The molecule has 1 amide bonds. The predicted molar refractivity (Wildman–Crippen MR) is 141 cm³/mol. The molecule has 0 radical (unpaired) electrons. The van der Waals surface area contributed by atoms with Crippen LogP contribution in [-0.2, 0) is 24.5 Å². The molecular formula is C28H28BrN3O4. The Morgan fingerprint density at radius 3 is 2.47 bits per heavy atom. The summed E-state index contributed by atoms with van der Waals surface area (Å²) in [5.41, 5.74) is 9.52. The number of hydrogen-bond donors (Lipinski definition) is 2. The predicted octanol–water partition coefficient (Wildman–Crippen LogP) is 4.76. The van der Waals surface area contributed by atoms with E-state index in [1.807, 2.05) is 45.9 Å². The van der Waals surface area contributed by atoms with Crippen molar-refractivity contribution in [2.45, 2.75) is 46.0 Å². The molecule has 8 heteroatoms. The molecule has 0 saturated carbocycles. The minimum atomic E-state index is -1.71. The molecule has 1 aliphatic carbocycles. The topological polar surface area (TPSA) is 102 Å². The third kappa shape index (κ3) is 3.27. The van der Waals surface area contributed by atoms with Crippen molar-refractivity contribution in [3.8, 4) is 0 Å². The maximum atomic E-state index is 14.0. The number of aryl methyl sites for hydroxylation is 2. The molecule has 2 aromatic carbocycles. The van der Waals surface area contributed by atoms with Gasteiger partial charge in [0.1, 0.15) is 16.8 Å². The number of carbonyl (C=O) groups excluding carboxylic acids is 3. The Morgan fingerprint density at radius 1 is 1.08 bits per heavy atom. The van der Waals surface area contributed by atoms with Gasteiger partial charge in [-0.15, -0.1) is 0 Å². The summed E-state index contributed by atoms with van der Waals surface area (Å²) >= 11 is 3.49. The molecule has 1 spiro atoms. The zero-order valence-corrected chi connectivity index (χ0v) is 22.5. The van der Waals surface area contributed by atoms with Crippen LogP contribution in [0.25, 0.3) is 0 Å². The van der Waals surface area contributed by atoms with E-state index in [0.717, 1.165) is 16.8 Å². The van der Waals surface area contributed by atoms with Crippen LogP contribution < -0.4 is 16.0 Å². The molecule has 0 saturated heterocycles. The average molecular weight is 550 g/mol. The Balaban J connectivity index is 1.94. The number of halogens is 1. The average Bonchev–Trinajstić information content (AvgIpc) is 3.06. The number of allylic oxidation sites excluding steroid dienone is 1. The van der Waals surface area contributed by atoms with E-state index in [4.69, 9.17) is 10.5 Å². The lowest BCUT2D eigenvalue weighted by molar-refractivity contribution is -0.138. The fourth-order valence-electron chi connectivity index (χ4n) is 5.77. The van der Waals surface area contributed by atoms with Gasteiger partial charge in [0.15, 0.2) is 5.78 Å². The van der Waals surface area contributed by atoms with Crippen molar-refractivity contribution in [3.05, 3.63) is 80.2 Å². The monoisotopic (exact) mass is 549 g/mol. The number of amides is 1. The van der Waals surface area contributed by atoms with Crippen molar-refractivity contribution < 1.29 is 19.1 Å². The highest BCUT2D eigenvalue weighted by molar-refractivity contribution is 9.10. The molecule has 2 aromatic rings. The van der Waals surface area contributed by atoms with Crippen molar-refractivity contribution in [1.29, 1.82) is 0 Å². The molecule has 2 heterocycles.